The van der Waals surface area contributed by atoms with Crippen molar-refractivity contribution in [3.8, 4) is 11.1 Å². The molecule has 160 valence electrons. The minimum Gasteiger partial charge on any atom is -0.391 e. The van der Waals surface area contributed by atoms with Crippen molar-refractivity contribution in [2.75, 3.05) is 5.32 Å². The molecular formula is C25H26ClN3O2. The fourth-order valence-corrected chi connectivity index (χ4v) is 4.02. The van der Waals surface area contributed by atoms with Gasteiger partial charge >= 0.3 is 0 Å². The van der Waals surface area contributed by atoms with Crippen LogP contribution in [-0.2, 0) is 6.54 Å². The zero-order chi connectivity index (χ0) is 21.6. The number of amides is 1. The van der Waals surface area contributed by atoms with Crippen LogP contribution in [0.2, 0.25) is 5.02 Å². The third kappa shape index (κ3) is 5.43. The summed E-state index contributed by atoms with van der Waals surface area (Å²) >= 11 is 6.06. The van der Waals surface area contributed by atoms with E-state index in [1.807, 2.05) is 60.7 Å². The molecule has 2 atom stereocenters. The topological polar surface area (TPSA) is 74.2 Å². The molecule has 0 aliphatic heterocycles. The van der Waals surface area contributed by atoms with Crippen LogP contribution < -0.4 is 10.6 Å². The summed E-state index contributed by atoms with van der Waals surface area (Å²) in [4.78, 5) is 17.4. The number of aliphatic hydroxyl groups is 1. The van der Waals surface area contributed by atoms with E-state index in [1.54, 1.807) is 6.20 Å². The Labute approximate surface area is 187 Å². The molecule has 3 N–H and O–H groups in total. The van der Waals surface area contributed by atoms with Crippen molar-refractivity contribution in [1.29, 1.82) is 0 Å². The van der Waals surface area contributed by atoms with Crippen molar-refractivity contribution in [2.45, 2.75) is 44.4 Å². The van der Waals surface area contributed by atoms with Gasteiger partial charge in [-0.15, -0.1) is 0 Å². The SMILES string of the molecule is O=C(NC1CCCCC1O)c1cnc(NCc2ccccc2)c(-c2ccc(Cl)cc2)c1. The van der Waals surface area contributed by atoms with Gasteiger partial charge in [0.1, 0.15) is 5.82 Å². The molecule has 3 aromatic rings. The van der Waals surface area contributed by atoms with Crippen LogP contribution in [0.1, 0.15) is 41.6 Å². The van der Waals surface area contributed by atoms with Crippen molar-refractivity contribution in [1.82, 2.24) is 10.3 Å². The van der Waals surface area contributed by atoms with E-state index < -0.39 is 6.10 Å². The molecule has 2 unspecified atom stereocenters. The molecule has 0 saturated heterocycles. The Balaban J connectivity index is 1.59. The molecule has 5 nitrogen and oxygen atoms in total. The van der Waals surface area contributed by atoms with Gasteiger partial charge in [0, 0.05) is 23.3 Å². The van der Waals surface area contributed by atoms with Crippen molar-refractivity contribution >= 4 is 23.3 Å². The Kier molecular flexibility index (Phi) is 6.85. The number of benzene rings is 2. The maximum atomic E-state index is 12.9. The summed E-state index contributed by atoms with van der Waals surface area (Å²) in [6, 6.07) is 19.2. The first-order valence-electron chi connectivity index (χ1n) is 10.6. The molecule has 1 aliphatic carbocycles. The third-order valence-electron chi connectivity index (χ3n) is 5.65. The average molecular weight is 436 g/mol. The number of nitrogens with one attached hydrogen (secondary N) is 2. The van der Waals surface area contributed by atoms with Crippen molar-refractivity contribution in [2.24, 2.45) is 0 Å². The lowest BCUT2D eigenvalue weighted by atomic mass is 9.92. The number of carbonyl (C=O) groups is 1. The molecule has 1 amide bonds. The van der Waals surface area contributed by atoms with Crippen LogP contribution >= 0.6 is 11.6 Å². The van der Waals surface area contributed by atoms with Crippen LogP contribution in [0.3, 0.4) is 0 Å². The Hall–Kier alpha value is -2.89. The van der Waals surface area contributed by atoms with Gasteiger partial charge in [-0.3, -0.25) is 4.79 Å². The summed E-state index contributed by atoms with van der Waals surface area (Å²) in [5, 5.41) is 17.2. The van der Waals surface area contributed by atoms with Crippen LogP contribution in [0.25, 0.3) is 11.1 Å². The maximum Gasteiger partial charge on any atom is 0.253 e. The van der Waals surface area contributed by atoms with E-state index in [1.165, 1.54) is 0 Å². The second kappa shape index (κ2) is 9.94. The highest BCUT2D eigenvalue weighted by atomic mass is 35.5. The molecule has 0 spiro atoms. The van der Waals surface area contributed by atoms with Gasteiger partial charge in [0.15, 0.2) is 0 Å². The van der Waals surface area contributed by atoms with Gasteiger partial charge in [-0.2, -0.15) is 0 Å². The zero-order valence-electron chi connectivity index (χ0n) is 17.2. The largest absolute Gasteiger partial charge is 0.391 e. The van der Waals surface area contributed by atoms with E-state index in [9.17, 15) is 9.90 Å². The minimum absolute atomic E-state index is 0.212. The van der Waals surface area contributed by atoms with Gasteiger partial charge in [-0.1, -0.05) is 66.9 Å². The molecule has 6 heteroatoms. The highest BCUT2D eigenvalue weighted by Gasteiger charge is 2.25. The lowest BCUT2D eigenvalue weighted by Gasteiger charge is -2.28. The molecule has 4 rings (SSSR count). The van der Waals surface area contributed by atoms with E-state index in [2.05, 4.69) is 15.6 Å². The number of carbonyl (C=O) groups excluding carboxylic acids is 1. The second-order valence-electron chi connectivity index (χ2n) is 7.90. The Morgan fingerprint density at radius 1 is 1.06 bits per heavy atom. The molecule has 1 saturated carbocycles. The molecule has 0 radical (unpaired) electrons. The first kappa shape index (κ1) is 21.3. The molecule has 1 heterocycles. The highest BCUT2D eigenvalue weighted by molar-refractivity contribution is 6.30. The molecule has 2 aromatic carbocycles. The summed E-state index contributed by atoms with van der Waals surface area (Å²) in [5.74, 6) is 0.476. The average Bonchev–Trinajstić information content (AvgIpc) is 2.80. The monoisotopic (exact) mass is 435 g/mol. The molecule has 0 bridgehead atoms. The van der Waals surface area contributed by atoms with Gasteiger partial charge in [0.2, 0.25) is 0 Å². The molecule has 1 fully saturated rings. The van der Waals surface area contributed by atoms with Gasteiger partial charge in [0.05, 0.1) is 17.7 Å². The number of hydrogen-bond donors (Lipinski definition) is 3. The minimum atomic E-state index is -0.492. The predicted octanol–water partition coefficient (Wildman–Crippen LogP) is 5.05. The lowest BCUT2D eigenvalue weighted by Crippen LogP contribution is -2.45. The van der Waals surface area contributed by atoms with E-state index in [0.717, 1.165) is 42.4 Å². The summed E-state index contributed by atoms with van der Waals surface area (Å²) < 4.78 is 0. The molecule has 31 heavy (non-hydrogen) atoms. The van der Waals surface area contributed by atoms with E-state index >= 15 is 0 Å². The fourth-order valence-electron chi connectivity index (χ4n) is 3.89. The summed E-state index contributed by atoms with van der Waals surface area (Å²) in [6.07, 6.45) is 4.61. The summed E-state index contributed by atoms with van der Waals surface area (Å²) in [6.45, 7) is 0.619. The van der Waals surface area contributed by atoms with Crippen LogP contribution in [0.5, 0.6) is 0 Å². The van der Waals surface area contributed by atoms with Crippen LogP contribution in [0, 0.1) is 0 Å². The van der Waals surface area contributed by atoms with Gasteiger partial charge in [-0.05, 0) is 42.2 Å². The van der Waals surface area contributed by atoms with Crippen LogP contribution in [0.4, 0.5) is 5.82 Å². The smallest absolute Gasteiger partial charge is 0.253 e. The molecule has 1 aromatic heterocycles. The number of aromatic nitrogens is 1. The molecular weight excluding hydrogens is 410 g/mol. The fraction of sp³-hybridized carbons (Fsp3) is 0.280. The number of nitrogens with zero attached hydrogens (tertiary/aromatic N) is 1. The summed E-state index contributed by atoms with van der Waals surface area (Å²) in [5.41, 5.74) is 3.34. The van der Waals surface area contributed by atoms with Crippen molar-refractivity contribution in [3.05, 3.63) is 83.0 Å². The number of halogens is 1. The van der Waals surface area contributed by atoms with Gasteiger partial charge in [0.25, 0.3) is 5.91 Å². The normalized spacial score (nSPS) is 18.4. The first-order valence-corrected chi connectivity index (χ1v) is 11.0. The Morgan fingerprint density at radius 2 is 1.81 bits per heavy atom. The Bertz CT molecular complexity index is 1020. The number of pyridine rings is 1. The van der Waals surface area contributed by atoms with Crippen LogP contribution in [-0.4, -0.2) is 28.1 Å². The van der Waals surface area contributed by atoms with Crippen LogP contribution in [0.15, 0.2) is 66.9 Å². The second-order valence-corrected chi connectivity index (χ2v) is 8.33. The van der Waals surface area contributed by atoms with Gasteiger partial charge in [-0.25, -0.2) is 4.98 Å². The predicted molar refractivity (Wildman–Crippen MR) is 124 cm³/mol. The third-order valence-corrected chi connectivity index (χ3v) is 5.91. The Morgan fingerprint density at radius 3 is 2.55 bits per heavy atom. The number of hydrogen-bond acceptors (Lipinski definition) is 4. The van der Waals surface area contributed by atoms with E-state index in [0.29, 0.717) is 22.9 Å². The van der Waals surface area contributed by atoms with Crippen molar-refractivity contribution in [3.63, 3.8) is 0 Å². The summed E-state index contributed by atoms with van der Waals surface area (Å²) in [7, 11) is 0. The number of rotatable bonds is 6. The molecule has 1 aliphatic rings. The van der Waals surface area contributed by atoms with E-state index in [-0.39, 0.29) is 11.9 Å². The van der Waals surface area contributed by atoms with Crippen molar-refractivity contribution < 1.29 is 9.90 Å². The van der Waals surface area contributed by atoms with Gasteiger partial charge < -0.3 is 15.7 Å². The first-order chi connectivity index (χ1) is 15.1. The quantitative estimate of drug-likeness (QED) is 0.506. The maximum absolute atomic E-state index is 12.9. The van der Waals surface area contributed by atoms with E-state index in [4.69, 9.17) is 11.6 Å². The zero-order valence-corrected chi connectivity index (χ0v) is 18.0. The number of aliphatic hydroxyl groups excluding tert-OH is 1. The number of anilines is 1. The highest BCUT2D eigenvalue weighted by Crippen LogP contribution is 2.29. The lowest BCUT2D eigenvalue weighted by molar-refractivity contribution is 0.0717. The standard InChI is InChI=1S/C25H26ClN3O2/c26-20-12-10-18(11-13-20)21-14-19(25(31)29-22-8-4-5-9-23(22)30)16-28-24(21)27-15-17-6-2-1-3-7-17/h1-3,6-7,10-14,16,22-23,30H,4-5,8-9,15H2,(H,27,28)(H,29,31).